The van der Waals surface area contributed by atoms with Crippen LogP contribution in [0.2, 0.25) is 0 Å². The Morgan fingerprint density at radius 1 is 0.878 bits per heavy atom. The molecule has 2 heterocycles. The van der Waals surface area contributed by atoms with Gasteiger partial charge in [0.05, 0.1) is 29.5 Å². The van der Waals surface area contributed by atoms with Crippen LogP contribution in [0.5, 0.6) is 11.5 Å². The van der Waals surface area contributed by atoms with E-state index in [4.69, 9.17) is 14.5 Å². The standard InChI is InChI=1S/C34H31BrN2O3S/c1-3-39-27-16-10-22(11-17-27)20-25-6-5-7-29-31(25)36-34-37(32(29)24-12-18-28(19-13-24)40-4-2)33(38)30(41-34)21-23-8-14-26(35)15-9-23/h8-21,32H,3-7H2,1-2H3/b25-20+,30-21-. The quantitative estimate of drug-likeness (QED) is 0.221. The summed E-state index contributed by atoms with van der Waals surface area (Å²) in [6, 6.07) is 24.1. The smallest absolute Gasteiger partial charge is 0.271 e. The van der Waals surface area contributed by atoms with Crippen molar-refractivity contribution in [2.45, 2.75) is 39.2 Å². The molecule has 1 aromatic heterocycles. The van der Waals surface area contributed by atoms with Gasteiger partial charge in [0.2, 0.25) is 0 Å². The van der Waals surface area contributed by atoms with Crippen molar-refractivity contribution in [3.63, 3.8) is 0 Å². The van der Waals surface area contributed by atoms with Crippen LogP contribution in [0, 0.1) is 0 Å². The van der Waals surface area contributed by atoms with Gasteiger partial charge in [0.15, 0.2) is 4.80 Å². The summed E-state index contributed by atoms with van der Waals surface area (Å²) in [5.41, 5.74) is 6.57. The number of allylic oxidation sites excluding steroid dienone is 2. The van der Waals surface area contributed by atoms with Gasteiger partial charge < -0.3 is 9.47 Å². The van der Waals surface area contributed by atoms with Crippen LogP contribution in [0.1, 0.15) is 55.8 Å². The Morgan fingerprint density at radius 3 is 2.15 bits per heavy atom. The molecule has 1 unspecified atom stereocenters. The number of benzene rings is 3. The highest BCUT2D eigenvalue weighted by Gasteiger charge is 2.32. The van der Waals surface area contributed by atoms with E-state index < -0.39 is 0 Å². The number of halogens is 1. The molecule has 41 heavy (non-hydrogen) atoms. The highest BCUT2D eigenvalue weighted by Crippen LogP contribution is 2.41. The minimum absolute atomic E-state index is 0.00952. The Morgan fingerprint density at radius 2 is 1.49 bits per heavy atom. The second-order valence-corrected chi connectivity index (χ2v) is 12.0. The van der Waals surface area contributed by atoms with Crippen LogP contribution < -0.4 is 24.4 Å². The first-order chi connectivity index (χ1) is 20.0. The molecule has 4 aromatic rings. The molecule has 5 nitrogen and oxygen atoms in total. The Bertz CT molecular complexity index is 1800. The zero-order valence-electron chi connectivity index (χ0n) is 23.1. The molecule has 0 bridgehead atoms. The Labute approximate surface area is 251 Å². The molecule has 0 amide bonds. The van der Waals surface area contributed by atoms with E-state index in [0.29, 0.717) is 17.7 Å². The molecule has 1 atom stereocenters. The molecule has 0 radical (unpaired) electrons. The van der Waals surface area contributed by atoms with Gasteiger partial charge in [-0.2, -0.15) is 0 Å². The van der Waals surface area contributed by atoms with Crippen molar-refractivity contribution in [1.29, 1.82) is 0 Å². The van der Waals surface area contributed by atoms with Crippen LogP contribution in [0.15, 0.2) is 104 Å². The van der Waals surface area contributed by atoms with E-state index in [0.717, 1.165) is 62.4 Å². The molecular formula is C34H31BrN2O3S. The summed E-state index contributed by atoms with van der Waals surface area (Å²) in [4.78, 5) is 19.9. The molecule has 0 N–H and O–H groups in total. The third-order valence-electron chi connectivity index (χ3n) is 7.34. The van der Waals surface area contributed by atoms with Gasteiger partial charge in [-0.1, -0.05) is 63.7 Å². The Hall–Kier alpha value is -3.68. The summed E-state index contributed by atoms with van der Waals surface area (Å²) >= 11 is 4.95. The second-order valence-electron chi connectivity index (χ2n) is 10.0. The topological polar surface area (TPSA) is 52.8 Å². The normalized spacial score (nSPS) is 17.7. The van der Waals surface area contributed by atoms with Crippen LogP contribution in [-0.2, 0) is 0 Å². The summed E-state index contributed by atoms with van der Waals surface area (Å²) in [6.45, 7) is 5.23. The van der Waals surface area contributed by atoms with Gasteiger partial charge in [-0.3, -0.25) is 9.36 Å². The van der Waals surface area contributed by atoms with E-state index in [-0.39, 0.29) is 11.6 Å². The Balaban J connectivity index is 1.51. The van der Waals surface area contributed by atoms with Crippen LogP contribution in [0.25, 0.3) is 12.2 Å². The zero-order chi connectivity index (χ0) is 28.3. The fourth-order valence-electron chi connectivity index (χ4n) is 5.51. The number of aromatic nitrogens is 1. The van der Waals surface area contributed by atoms with Crippen molar-refractivity contribution in [3.8, 4) is 11.5 Å². The molecule has 0 saturated heterocycles. The van der Waals surface area contributed by atoms with Crippen molar-refractivity contribution in [3.05, 3.63) is 130 Å². The summed E-state index contributed by atoms with van der Waals surface area (Å²) < 4.78 is 14.9. The average Bonchev–Trinajstić information content (AvgIpc) is 3.29. The number of fused-ring (bicyclic) bond motifs is 1. The first-order valence-corrected chi connectivity index (χ1v) is 15.6. The third-order valence-corrected chi connectivity index (χ3v) is 8.85. The van der Waals surface area contributed by atoms with Crippen molar-refractivity contribution in [1.82, 2.24) is 4.57 Å². The fraction of sp³-hybridized carbons (Fsp3) is 0.235. The van der Waals surface area contributed by atoms with Crippen molar-refractivity contribution in [2.75, 3.05) is 13.2 Å². The van der Waals surface area contributed by atoms with Gasteiger partial charge in [0.1, 0.15) is 11.5 Å². The fourth-order valence-corrected chi connectivity index (χ4v) is 6.77. The van der Waals surface area contributed by atoms with E-state index >= 15 is 0 Å². The molecule has 7 heteroatoms. The first-order valence-electron chi connectivity index (χ1n) is 14.0. The van der Waals surface area contributed by atoms with Crippen molar-refractivity contribution >= 4 is 39.4 Å². The zero-order valence-corrected chi connectivity index (χ0v) is 25.5. The summed E-state index contributed by atoms with van der Waals surface area (Å²) in [5.74, 6) is 1.70. The highest BCUT2D eigenvalue weighted by atomic mass is 79.9. The molecule has 0 fully saturated rings. The lowest BCUT2D eigenvalue weighted by atomic mass is 9.84. The molecule has 0 spiro atoms. The number of ether oxygens (including phenoxy) is 2. The van der Waals surface area contributed by atoms with Crippen LogP contribution in [-0.4, -0.2) is 17.8 Å². The van der Waals surface area contributed by atoms with E-state index in [9.17, 15) is 4.79 Å². The molecule has 6 rings (SSSR count). The number of hydrogen-bond donors (Lipinski definition) is 0. The predicted molar refractivity (Wildman–Crippen MR) is 169 cm³/mol. The van der Waals surface area contributed by atoms with Crippen LogP contribution >= 0.6 is 27.3 Å². The molecule has 1 aliphatic carbocycles. The maximum atomic E-state index is 14.0. The lowest BCUT2D eigenvalue weighted by Crippen LogP contribution is -2.39. The summed E-state index contributed by atoms with van der Waals surface area (Å²) in [7, 11) is 0. The molecule has 2 aliphatic rings. The number of rotatable bonds is 7. The van der Waals surface area contributed by atoms with Gasteiger partial charge in [-0.15, -0.1) is 0 Å². The lowest BCUT2D eigenvalue weighted by Gasteiger charge is -2.31. The summed E-state index contributed by atoms with van der Waals surface area (Å²) in [5, 5.41) is 0. The highest BCUT2D eigenvalue weighted by molar-refractivity contribution is 9.10. The van der Waals surface area contributed by atoms with Crippen molar-refractivity contribution < 1.29 is 9.47 Å². The van der Waals surface area contributed by atoms with Gasteiger partial charge in [-0.25, -0.2) is 4.99 Å². The monoisotopic (exact) mass is 626 g/mol. The molecular weight excluding hydrogens is 596 g/mol. The maximum Gasteiger partial charge on any atom is 0.271 e. The first kappa shape index (κ1) is 27.5. The van der Waals surface area contributed by atoms with Crippen LogP contribution in [0.4, 0.5) is 0 Å². The van der Waals surface area contributed by atoms with E-state index in [1.54, 1.807) is 0 Å². The van der Waals surface area contributed by atoms with Gasteiger partial charge >= 0.3 is 0 Å². The van der Waals surface area contributed by atoms with Gasteiger partial charge in [-0.05, 0) is 109 Å². The molecule has 1 aliphatic heterocycles. The predicted octanol–water partition coefficient (Wildman–Crippen LogP) is 7.04. The second kappa shape index (κ2) is 12.0. The van der Waals surface area contributed by atoms with Gasteiger partial charge in [0, 0.05) is 4.47 Å². The minimum Gasteiger partial charge on any atom is -0.494 e. The van der Waals surface area contributed by atoms with E-state index in [2.05, 4.69) is 46.3 Å². The summed E-state index contributed by atoms with van der Waals surface area (Å²) in [6.07, 6.45) is 7.05. The maximum absolute atomic E-state index is 14.0. The number of nitrogens with zero attached hydrogens (tertiary/aromatic N) is 2. The minimum atomic E-state index is -0.215. The largest absolute Gasteiger partial charge is 0.494 e. The van der Waals surface area contributed by atoms with Gasteiger partial charge in [0.25, 0.3) is 5.56 Å². The third kappa shape index (κ3) is 5.74. The molecule has 0 saturated carbocycles. The Kier molecular flexibility index (Phi) is 8.08. The van der Waals surface area contributed by atoms with E-state index in [1.807, 2.05) is 73.0 Å². The average molecular weight is 628 g/mol. The number of hydrogen-bond acceptors (Lipinski definition) is 5. The number of thiazole rings is 1. The molecule has 208 valence electrons. The molecule has 3 aromatic carbocycles. The van der Waals surface area contributed by atoms with E-state index in [1.165, 1.54) is 22.5 Å². The van der Waals surface area contributed by atoms with Crippen LogP contribution in [0.3, 0.4) is 0 Å². The SMILES string of the molecule is CCOc1ccc(/C=C2\CCCC3=C2N=c2s/c(=C\c4ccc(Br)cc4)c(=O)n2C3c2ccc(OCC)cc2)cc1. The lowest BCUT2D eigenvalue weighted by molar-refractivity contribution is 0.340. The van der Waals surface area contributed by atoms with Crippen molar-refractivity contribution in [2.24, 2.45) is 4.99 Å².